The summed E-state index contributed by atoms with van der Waals surface area (Å²) in [7, 11) is 1.64. The first kappa shape index (κ1) is 17.4. The number of hydrogen-bond donors (Lipinski definition) is 2. The molecule has 2 fully saturated rings. The van der Waals surface area contributed by atoms with Crippen LogP contribution in [0.4, 0.5) is 0 Å². The van der Waals surface area contributed by atoms with Crippen LogP contribution in [0.2, 0.25) is 0 Å². The summed E-state index contributed by atoms with van der Waals surface area (Å²) in [5.74, 6) is 0.421. The van der Waals surface area contributed by atoms with Crippen LogP contribution in [0.3, 0.4) is 0 Å². The van der Waals surface area contributed by atoms with Crippen LogP contribution in [-0.2, 0) is 16.0 Å². The van der Waals surface area contributed by atoms with Gasteiger partial charge in [0, 0.05) is 38.5 Å². The second-order valence-corrected chi connectivity index (χ2v) is 7.05. The van der Waals surface area contributed by atoms with Gasteiger partial charge in [-0.05, 0) is 36.5 Å². The zero-order valence-electron chi connectivity index (χ0n) is 14.6. The molecule has 3 rings (SSSR count). The highest BCUT2D eigenvalue weighted by Crippen LogP contribution is 2.39. The molecule has 1 saturated heterocycles. The third kappa shape index (κ3) is 4.15. The molecule has 0 aromatic heterocycles. The molecule has 132 valence electrons. The monoisotopic (exact) mass is 332 g/mol. The molecule has 1 atom stereocenters. The Morgan fingerprint density at radius 1 is 1.25 bits per heavy atom. The first-order valence-electron chi connectivity index (χ1n) is 8.94. The van der Waals surface area contributed by atoms with E-state index in [9.17, 15) is 4.79 Å². The van der Waals surface area contributed by atoms with Crippen molar-refractivity contribution in [3.8, 4) is 0 Å². The normalized spacial score (nSPS) is 29.8. The van der Waals surface area contributed by atoms with Gasteiger partial charge in [-0.15, -0.1) is 0 Å². The van der Waals surface area contributed by atoms with Crippen molar-refractivity contribution >= 4 is 5.91 Å². The van der Waals surface area contributed by atoms with E-state index in [0.717, 1.165) is 37.4 Å². The smallest absolute Gasteiger partial charge is 0.251 e. The maximum absolute atomic E-state index is 11.5. The van der Waals surface area contributed by atoms with Gasteiger partial charge >= 0.3 is 0 Å². The molecule has 1 saturated carbocycles. The Hall–Kier alpha value is -1.43. The molecule has 2 aliphatic rings. The maximum atomic E-state index is 11.5. The van der Waals surface area contributed by atoms with Crippen molar-refractivity contribution < 1.29 is 14.3 Å². The third-order valence-corrected chi connectivity index (χ3v) is 5.09. The molecule has 1 aliphatic carbocycles. The van der Waals surface area contributed by atoms with Gasteiger partial charge < -0.3 is 20.1 Å². The third-order valence-electron chi connectivity index (χ3n) is 5.09. The molecule has 24 heavy (non-hydrogen) atoms. The van der Waals surface area contributed by atoms with E-state index in [1.807, 2.05) is 24.3 Å². The second kappa shape index (κ2) is 7.64. The summed E-state index contributed by atoms with van der Waals surface area (Å²) in [5.41, 5.74) is 1.84. The summed E-state index contributed by atoms with van der Waals surface area (Å²) < 4.78 is 12.2. The zero-order chi connectivity index (χ0) is 17.0. The number of nitrogens with one attached hydrogen (secondary N) is 2. The minimum Gasteiger partial charge on any atom is -0.355 e. The number of carbonyl (C=O) groups excluding carboxylic acids is 1. The van der Waals surface area contributed by atoms with Crippen LogP contribution in [0.15, 0.2) is 24.3 Å². The lowest BCUT2D eigenvalue weighted by Crippen LogP contribution is -2.37. The molecule has 1 aromatic carbocycles. The lowest BCUT2D eigenvalue weighted by molar-refractivity contribution is -0.191. The minimum absolute atomic E-state index is 0.0573. The summed E-state index contributed by atoms with van der Waals surface area (Å²) in [4.78, 5) is 11.5. The quantitative estimate of drug-likeness (QED) is 0.869. The average Bonchev–Trinajstić information content (AvgIpc) is 3.01. The van der Waals surface area contributed by atoms with Crippen LogP contribution >= 0.6 is 0 Å². The Kier molecular flexibility index (Phi) is 5.54. The Balaban J connectivity index is 1.42. The van der Waals surface area contributed by atoms with Gasteiger partial charge in [0.2, 0.25) is 0 Å². The van der Waals surface area contributed by atoms with Gasteiger partial charge in [-0.1, -0.05) is 19.1 Å². The molecule has 0 bridgehead atoms. The highest BCUT2D eigenvalue weighted by molar-refractivity contribution is 5.93. The summed E-state index contributed by atoms with van der Waals surface area (Å²) >= 11 is 0. The fourth-order valence-corrected chi connectivity index (χ4v) is 3.48. The van der Waals surface area contributed by atoms with Gasteiger partial charge in [-0.2, -0.15) is 0 Å². The standard InChI is InChI=1S/C19H28N2O3/c1-14-7-9-19(10-8-14)23-13-17(24-19)12-21-11-15-3-5-16(6-4-15)18(22)20-2/h3-6,14,17,21H,7-13H2,1-2H3,(H,20,22). The maximum Gasteiger partial charge on any atom is 0.251 e. The van der Waals surface area contributed by atoms with Gasteiger partial charge in [-0.25, -0.2) is 0 Å². The Morgan fingerprint density at radius 3 is 2.62 bits per heavy atom. The van der Waals surface area contributed by atoms with Crippen molar-refractivity contribution in [1.82, 2.24) is 10.6 Å². The van der Waals surface area contributed by atoms with Crippen LogP contribution in [0.1, 0.15) is 48.5 Å². The molecular formula is C19H28N2O3. The predicted octanol–water partition coefficient (Wildman–Crippen LogP) is 2.46. The van der Waals surface area contributed by atoms with Crippen molar-refractivity contribution in [3.63, 3.8) is 0 Å². The van der Waals surface area contributed by atoms with Gasteiger partial charge in [0.25, 0.3) is 5.91 Å². The molecular weight excluding hydrogens is 304 g/mol. The largest absolute Gasteiger partial charge is 0.355 e. The van der Waals surface area contributed by atoms with Gasteiger partial charge in [-0.3, -0.25) is 4.79 Å². The summed E-state index contributed by atoms with van der Waals surface area (Å²) in [6.45, 7) is 4.53. The van der Waals surface area contributed by atoms with Crippen LogP contribution in [0.5, 0.6) is 0 Å². The topological polar surface area (TPSA) is 59.6 Å². The average molecular weight is 332 g/mol. The number of hydrogen-bond acceptors (Lipinski definition) is 4. The number of carbonyl (C=O) groups is 1. The lowest BCUT2D eigenvalue weighted by atomic mass is 9.86. The van der Waals surface area contributed by atoms with Gasteiger partial charge in [0.1, 0.15) is 0 Å². The first-order chi connectivity index (χ1) is 11.6. The molecule has 5 heteroatoms. The van der Waals surface area contributed by atoms with Crippen molar-refractivity contribution in [2.24, 2.45) is 5.92 Å². The van der Waals surface area contributed by atoms with Crippen molar-refractivity contribution in [3.05, 3.63) is 35.4 Å². The molecule has 2 N–H and O–H groups in total. The molecule has 1 amide bonds. The molecule has 5 nitrogen and oxygen atoms in total. The van der Waals surface area contributed by atoms with Crippen LogP contribution in [-0.4, -0.2) is 38.0 Å². The summed E-state index contributed by atoms with van der Waals surface area (Å²) in [6.07, 6.45) is 4.55. The van der Waals surface area contributed by atoms with E-state index in [0.29, 0.717) is 12.2 Å². The van der Waals surface area contributed by atoms with E-state index in [1.54, 1.807) is 7.05 Å². The molecule has 1 heterocycles. The fourth-order valence-electron chi connectivity index (χ4n) is 3.48. The van der Waals surface area contributed by atoms with Crippen LogP contribution in [0, 0.1) is 5.92 Å². The lowest BCUT2D eigenvalue weighted by Gasteiger charge is -2.34. The number of benzene rings is 1. The molecule has 1 unspecified atom stereocenters. The van der Waals surface area contributed by atoms with E-state index in [2.05, 4.69) is 17.6 Å². The number of rotatable bonds is 5. The predicted molar refractivity (Wildman–Crippen MR) is 92.7 cm³/mol. The Morgan fingerprint density at radius 2 is 1.96 bits per heavy atom. The fraction of sp³-hybridized carbons (Fsp3) is 0.632. The highest BCUT2D eigenvalue weighted by atomic mass is 16.7. The zero-order valence-corrected chi connectivity index (χ0v) is 14.6. The molecule has 1 spiro atoms. The summed E-state index contributed by atoms with van der Waals surface area (Å²) in [6, 6.07) is 7.66. The SMILES string of the molecule is CNC(=O)c1ccc(CNCC2COC3(CCC(C)CC3)O2)cc1. The van der Waals surface area contributed by atoms with Gasteiger partial charge in [0.15, 0.2) is 5.79 Å². The van der Waals surface area contributed by atoms with Crippen molar-refractivity contribution in [1.29, 1.82) is 0 Å². The molecule has 0 radical (unpaired) electrons. The second-order valence-electron chi connectivity index (χ2n) is 7.05. The van der Waals surface area contributed by atoms with E-state index in [4.69, 9.17) is 9.47 Å². The number of amides is 1. The van der Waals surface area contributed by atoms with E-state index >= 15 is 0 Å². The van der Waals surface area contributed by atoms with Crippen LogP contribution in [0.25, 0.3) is 0 Å². The van der Waals surface area contributed by atoms with E-state index in [1.165, 1.54) is 12.8 Å². The van der Waals surface area contributed by atoms with Crippen LogP contribution < -0.4 is 10.6 Å². The Labute approximate surface area is 144 Å². The van der Waals surface area contributed by atoms with Gasteiger partial charge in [0.05, 0.1) is 12.7 Å². The van der Waals surface area contributed by atoms with E-state index in [-0.39, 0.29) is 17.8 Å². The molecule has 1 aliphatic heterocycles. The minimum atomic E-state index is -0.311. The van der Waals surface area contributed by atoms with E-state index < -0.39 is 0 Å². The first-order valence-corrected chi connectivity index (χ1v) is 8.94. The van der Waals surface area contributed by atoms with Crippen molar-refractivity contribution in [2.45, 2.75) is 51.0 Å². The summed E-state index contributed by atoms with van der Waals surface area (Å²) in [5, 5.41) is 6.06. The van der Waals surface area contributed by atoms with Crippen molar-refractivity contribution in [2.75, 3.05) is 20.2 Å². The number of ether oxygens (including phenoxy) is 2. The Bertz CT molecular complexity index is 550. The highest BCUT2D eigenvalue weighted by Gasteiger charge is 2.43. The molecule has 1 aromatic rings.